The lowest BCUT2D eigenvalue weighted by molar-refractivity contribution is 0.0443. The number of benzene rings is 1. The second-order valence-corrected chi connectivity index (χ2v) is 3.45. The highest BCUT2D eigenvalue weighted by Gasteiger charge is 2.32. The molecule has 0 saturated heterocycles. The fourth-order valence-electron chi connectivity index (χ4n) is 1.55. The maximum absolute atomic E-state index is 11.3. The SMILES string of the molecule is Cc1c(C(=O)Cl)ccc2c1C(=O)OC2=O. The van der Waals surface area contributed by atoms with Crippen LogP contribution in [-0.4, -0.2) is 17.2 Å². The monoisotopic (exact) mass is 224 g/mol. The third-order valence-corrected chi connectivity index (χ3v) is 2.49. The zero-order valence-corrected chi connectivity index (χ0v) is 8.42. The van der Waals surface area contributed by atoms with Crippen LogP contribution in [0.25, 0.3) is 0 Å². The Hall–Kier alpha value is -1.68. The summed E-state index contributed by atoms with van der Waals surface area (Å²) >= 11 is 5.32. The van der Waals surface area contributed by atoms with Crippen molar-refractivity contribution in [1.82, 2.24) is 0 Å². The van der Waals surface area contributed by atoms with Gasteiger partial charge in [-0.25, -0.2) is 9.59 Å². The molecule has 0 fully saturated rings. The first-order valence-electron chi connectivity index (χ1n) is 4.12. The Morgan fingerprint density at radius 2 is 1.93 bits per heavy atom. The van der Waals surface area contributed by atoms with Gasteiger partial charge in [0, 0.05) is 5.56 Å². The van der Waals surface area contributed by atoms with Crippen LogP contribution in [0.15, 0.2) is 12.1 Å². The Morgan fingerprint density at radius 3 is 2.53 bits per heavy atom. The predicted molar refractivity (Wildman–Crippen MR) is 51.1 cm³/mol. The van der Waals surface area contributed by atoms with E-state index in [4.69, 9.17) is 11.6 Å². The van der Waals surface area contributed by atoms with Crippen LogP contribution in [0, 0.1) is 6.92 Å². The normalized spacial score (nSPS) is 13.7. The zero-order chi connectivity index (χ0) is 11.2. The maximum Gasteiger partial charge on any atom is 0.347 e. The number of cyclic esters (lactones) is 2. The molecule has 0 bridgehead atoms. The van der Waals surface area contributed by atoms with Crippen LogP contribution in [0.1, 0.15) is 36.6 Å². The first kappa shape index (κ1) is 9.86. The standard InChI is InChI=1S/C10H5ClO4/c1-4-5(8(11)12)2-3-6-7(4)10(14)15-9(6)13/h2-3H,1H3. The molecule has 0 spiro atoms. The van der Waals surface area contributed by atoms with Gasteiger partial charge in [-0.2, -0.15) is 0 Å². The topological polar surface area (TPSA) is 60.4 Å². The number of hydrogen-bond donors (Lipinski definition) is 0. The molecule has 2 rings (SSSR count). The van der Waals surface area contributed by atoms with Crippen molar-refractivity contribution in [2.45, 2.75) is 6.92 Å². The lowest BCUT2D eigenvalue weighted by Crippen LogP contribution is -2.02. The summed E-state index contributed by atoms with van der Waals surface area (Å²) in [5.41, 5.74) is 0.899. The molecule has 0 amide bonds. The molecule has 0 aliphatic carbocycles. The molecule has 0 atom stereocenters. The largest absolute Gasteiger partial charge is 0.386 e. The number of ether oxygens (including phenoxy) is 1. The Labute approximate surface area is 89.8 Å². The molecule has 1 aliphatic heterocycles. The summed E-state index contributed by atoms with van der Waals surface area (Å²) in [7, 11) is 0. The first-order chi connectivity index (χ1) is 7.02. The van der Waals surface area contributed by atoms with Crippen LogP contribution in [-0.2, 0) is 4.74 Å². The van der Waals surface area contributed by atoms with Gasteiger partial charge in [-0.1, -0.05) is 0 Å². The number of esters is 2. The smallest absolute Gasteiger partial charge is 0.347 e. The lowest BCUT2D eigenvalue weighted by atomic mass is 9.99. The summed E-state index contributed by atoms with van der Waals surface area (Å²) in [6, 6.07) is 2.77. The third-order valence-electron chi connectivity index (χ3n) is 2.29. The molecule has 0 N–H and O–H groups in total. The van der Waals surface area contributed by atoms with E-state index in [1.807, 2.05) is 0 Å². The van der Waals surface area contributed by atoms with E-state index in [9.17, 15) is 14.4 Å². The summed E-state index contributed by atoms with van der Waals surface area (Å²) in [4.78, 5) is 33.4. The highest BCUT2D eigenvalue weighted by Crippen LogP contribution is 2.26. The second kappa shape index (κ2) is 3.17. The van der Waals surface area contributed by atoms with Crippen molar-refractivity contribution in [3.05, 3.63) is 34.4 Å². The van der Waals surface area contributed by atoms with Gasteiger partial charge in [0.1, 0.15) is 0 Å². The summed E-state index contributed by atoms with van der Waals surface area (Å²) in [6.07, 6.45) is 0. The highest BCUT2D eigenvalue weighted by atomic mass is 35.5. The van der Waals surface area contributed by atoms with E-state index in [0.717, 1.165) is 0 Å². The Bertz CT molecular complexity index is 504. The van der Waals surface area contributed by atoms with Crippen LogP contribution < -0.4 is 0 Å². The van der Waals surface area contributed by atoms with E-state index < -0.39 is 17.2 Å². The van der Waals surface area contributed by atoms with Crippen molar-refractivity contribution in [2.75, 3.05) is 0 Å². The Balaban J connectivity index is 2.74. The van der Waals surface area contributed by atoms with Gasteiger partial charge in [-0.05, 0) is 36.2 Å². The molecule has 0 saturated carbocycles. The predicted octanol–water partition coefficient (Wildman–Crippen LogP) is 1.68. The average molecular weight is 225 g/mol. The maximum atomic E-state index is 11.3. The summed E-state index contributed by atoms with van der Waals surface area (Å²) in [5.74, 6) is -1.42. The van der Waals surface area contributed by atoms with Gasteiger partial charge in [0.15, 0.2) is 0 Å². The molecule has 1 aliphatic rings. The van der Waals surface area contributed by atoms with Crippen LogP contribution in [0.2, 0.25) is 0 Å². The fraction of sp³-hybridized carbons (Fsp3) is 0.100. The Kier molecular flexibility index (Phi) is 2.08. The van der Waals surface area contributed by atoms with Crippen LogP contribution in [0.3, 0.4) is 0 Å². The fourth-order valence-corrected chi connectivity index (χ4v) is 1.75. The molecule has 0 unspecified atom stereocenters. The third kappa shape index (κ3) is 1.34. The quantitative estimate of drug-likeness (QED) is 0.414. The van der Waals surface area contributed by atoms with Gasteiger partial charge in [-0.15, -0.1) is 0 Å². The van der Waals surface area contributed by atoms with Crippen LogP contribution in [0.4, 0.5) is 0 Å². The van der Waals surface area contributed by atoms with Crippen LogP contribution in [0.5, 0.6) is 0 Å². The van der Waals surface area contributed by atoms with E-state index in [0.29, 0.717) is 5.56 Å². The molecular weight excluding hydrogens is 220 g/mol. The van der Waals surface area contributed by atoms with E-state index in [1.54, 1.807) is 6.92 Å². The van der Waals surface area contributed by atoms with Crippen molar-refractivity contribution < 1.29 is 19.1 Å². The zero-order valence-electron chi connectivity index (χ0n) is 7.67. The van der Waals surface area contributed by atoms with E-state index in [1.165, 1.54) is 12.1 Å². The van der Waals surface area contributed by atoms with Gasteiger partial charge in [-0.3, -0.25) is 4.79 Å². The van der Waals surface area contributed by atoms with E-state index in [2.05, 4.69) is 4.74 Å². The minimum Gasteiger partial charge on any atom is -0.386 e. The molecule has 1 aromatic carbocycles. The average Bonchev–Trinajstić information content (AvgIpc) is 2.43. The number of rotatable bonds is 1. The highest BCUT2D eigenvalue weighted by molar-refractivity contribution is 6.68. The van der Waals surface area contributed by atoms with E-state index in [-0.39, 0.29) is 16.7 Å². The summed E-state index contributed by atoms with van der Waals surface area (Å²) in [6.45, 7) is 1.55. The molecular formula is C10H5ClO4. The second-order valence-electron chi connectivity index (χ2n) is 3.11. The Morgan fingerprint density at radius 1 is 1.27 bits per heavy atom. The summed E-state index contributed by atoms with van der Waals surface area (Å²) < 4.78 is 4.41. The number of halogens is 1. The molecule has 15 heavy (non-hydrogen) atoms. The minimum absolute atomic E-state index is 0.131. The lowest BCUT2D eigenvalue weighted by Gasteiger charge is -2.02. The molecule has 1 heterocycles. The van der Waals surface area contributed by atoms with Crippen molar-refractivity contribution in [2.24, 2.45) is 0 Å². The first-order valence-corrected chi connectivity index (χ1v) is 4.50. The number of carbonyl (C=O) groups is 3. The van der Waals surface area contributed by atoms with Gasteiger partial charge >= 0.3 is 11.9 Å². The van der Waals surface area contributed by atoms with Crippen molar-refractivity contribution in [3.63, 3.8) is 0 Å². The van der Waals surface area contributed by atoms with Crippen molar-refractivity contribution in [3.8, 4) is 0 Å². The van der Waals surface area contributed by atoms with Crippen molar-refractivity contribution >= 4 is 28.8 Å². The molecule has 1 aromatic rings. The van der Waals surface area contributed by atoms with Crippen LogP contribution >= 0.6 is 11.6 Å². The molecule has 4 nitrogen and oxygen atoms in total. The van der Waals surface area contributed by atoms with Gasteiger partial charge in [0.05, 0.1) is 11.1 Å². The number of fused-ring (bicyclic) bond motifs is 1. The summed E-state index contributed by atoms with van der Waals surface area (Å²) in [5, 5.41) is -0.664. The molecule has 0 aromatic heterocycles. The molecule has 76 valence electrons. The van der Waals surface area contributed by atoms with Crippen molar-refractivity contribution in [1.29, 1.82) is 0 Å². The van der Waals surface area contributed by atoms with Gasteiger partial charge in [0.25, 0.3) is 5.24 Å². The minimum atomic E-state index is -0.729. The van der Waals surface area contributed by atoms with E-state index >= 15 is 0 Å². The molecule has 0 radical (unpaired) electrons. The van der Waals surface area contributed by atoms with Gasteiger partial charge in [0.2, 0.25) is 0 Å². The van der Waals surface area contributed by atoms with Gasteiger partial charge < -0.3 is 4.74 Å². The molecule has 5 heteroatoms. The number of hydrogen-bond acceptors (Lipinski definition) is 4. The number of carbonyl (C=O) groups excluding carboxylic acids is 3.